The minimum atomic E-state index is 0.0340. The molecule has 0 atom stereocenters. The van der Waals surface area contributed by atoms with Crippen LogP contribution in [-0.2, 0) is 11.2 Å². The highest BCUT2D eigenvalue weighted by atomic mass is 16.2. The topological polar surface area (TPSA) is 48.1 Å². The van der Waals surface area contributed by atoms with E-state index in [1.165, 1.54) is 22.1 Å². The van der Waals surface area contributed by atoms with Gasteiger partial charge in [0.05, 0.1) is 12.6 Å². The van der Waals surface area contributed by atoms with Gasteiger partial charge >= 0.3 is 0 Å². The number of carbonyl (C=O) groups is 1. The van der Waals surface area contributed by atoms with E-state index in [0.717, 1.165) is 11.9 Å². The number of amides is 1. The fraction of sp³-hybridized carbons (Fsp3) is 0.192. The first kappa shape index (κ1) is 19.9. The SMILES string of the molecule is CN(CC(=O)NCCc1c[nH]c2ccccc12)C(c1ccccc1)c1ccccc1. The summed E-state index contributed by atoms with van der Waals surface area (Å²) in [4.78, 5) is 18.0. The van der Waals surface area contributed by atoms with Gasteiger partial charge in [0, 0.05) is 23.6 Å². The van der Waals surface area contributed by atoms with Crippen molar-refractivity contribution < 1.29 is 4.79 Å². The molecular formula is C26H27N3O. The van der Waals surface area contributed by atoms with Gasteiger partial charge in [0.2, 0.25) is 5.91 Å². The van der Waals surface area contributed by atoms with Gasteiger partial charge in [0.1, 0.15) is 0 Å². The summed E-state index contributed by atoms with van der Waals surface area (Å²) in [5.74, 6) is 0.0363. The van der Waals surface area contributed by atoms with Crippen molar-refractivity contribution in [1.29, 1.82) is 0 Å². The average molecular weight is 398 g/mol. The lowest BCUT2D eigenvalue weighted by atomic mass is 9.97. The smallest absolute Gasteiger partial charge is 0.234 e. The minimum absolute atomic E-state index is 0.0340. The molecule has 0 unspecified atom stereocenters. The highest BCUT2D eigenvalue weighted by Crippen LogP contribution is 2.27. The van der Waals surface area contributed by atoms with Crippen LogP contribution in [0.2, 0.25) is 0 Å². The molecule has 0 radical (unpaired) electrons. The van der Waals surface area contributed by atoms with E-state index >= 15 is 0 Å². The fourth-order valence-electron chi connectivity index (χ4n) is 4.02. The molecule has 0 fully saturated rings. The summed E-state index contributed by atoms with van der Waals surface area (Å²) in [6.45, 7) is 0.957. The second kappa shape index (κ2) is 9.42. The molecule has 152 valence electrons. The zero-order valence-electron chi connectivity index (χ0n) is 17.2. The molecule has 0 saturated heterocycles. The molecule has 4 aromatic rings. The normalized spacial score (nSPS) is 11.3. The van der Waals surface area contributed by atoms with Gasteiger partial charge in [0.25, 0.3) is 0 Å². The molecule has 0 aliphatic heterocycles. The molecule has 2 N–H and O–H groups in total. The number of fused-ring (bicyclic) bond motifs is 1. The summed E-state index contributed by atoms with van der Waals surface area (Å²) in [5.41, 5.74) is 4.72. The number of nitrogens with zero attached hydrogens (tertiary/aromatic N) is 1. The van der Waals surface area contributed by atoms with E-state index in [1.807, 2.05) is 61.8 Å². The molecule has 1 aromatic heterocycles. The fourth-order valence-corrected chi connectivity index (χ4v) is 4.02. The third kappa shape index (κ3) is 4.61. The first-order chi connectivity index (χ1) is 14.7. The van der Waals surface area contributed by atoms with Gasteiger partial charge < -0.3 is 10.3 Å². The highest BCUT2D eigenvalue weighted by Gasteiger charge is 2.21. The Morgan fingerprint density at radius 1 is 0.900 bits per heavy atom. The van der Waals surface area contributed by atoms with Gasteiger partial charge in [-0.05, 0) is 36.2 Å². The van der Waals surface area contributed by atoms with Gasteiger partial charge in [-0.1, -0.05) is 78.9 Å². The molecule has 4 heteroatoms. The summed E-state index contributed by atoms with van der Waals surface area (Å²) in [6.07, 6.45) is 2.84. The lowest BCUT2D eigenvalue weighted by Gasteiger charge is -2.28. The van der Waals surface area contributed by atoms with Crippen molar-refractivity contribution in [3.8, 4) is 0 Å². The highest BCUT2D eigenvalue weighted by molar-refractivity contribution is 5.83. The van der Waals surface area contributed by atoms with E-state index in [2.05, 4.69) is 51.6 Å². The van der Waals surface area contributed by atoms with Gasteiger partial charge in [-0.3, -0.25) is 9.69 Å². The number of para-hydroxylation sites is 1. The quantitative estimate of drug-likeness (QED) is 0.458. The van der Waals surface area contributed by atoms with Crippen molar-refractivity contribution in [2.24, 2.45) is 0 Å². The standard InChI is InChI=1S/C26H27N3O/c1-29(26(20-10-4-2-5-11-20)21-12-6-3-7-13-21)19-25(30)27-17-16-22-18-28-24-15-9-8-14-23(22)24/h2-15,18,26,28H,16-17,19H2,1H3,(H,27,30). The van der Waals surface area contributed by atoms with Crippen LogP contribution in [0.3, 0.4) is 0 Å². The number of nitrogens with one attached hydrogen (secondary N) is 2. The molecule has 4 rings (SSSR count). The van der Waals surface area contributed by atoms with Crippen molar-refractivity contribution in [1.82, 2.24) is 15.2 Å². The Morgan fingerprint density at radius 2 is 1.50 bits per heavy atom. The van der Waals surface area contributed by atoms with Gasteiger partial charge in [-0.25, -0.2) is 0 Å². The van der Waals surface area contributed by atoms with E-state index in [-0.39, 0.29) is 11.9 Å². The molecule has 30 heavy (non-hydrogen) atoms. The number of rotatable bonds is 8. The van der Waals surface area contributed by atoms with Crippen LogP contribution in [-0.4, -0.2) is 35.9 Å². The molecule has 0 spiro atoms. The average Bonchev–Trinajstić information content (AvgIpc) is 3.19. The molecule has 3 aromatic carbocycles. The number of benzene rings is 3. The number of aromatic nitrogens is 1. The van der Waals surface area contributed by atoms with Crippen molar-refractivity contribution in [3.63, 3.8) is 0 Å². The van der Waals surface area contributed by atoms with Crippen molar-refractivity contribution in [3.05, 3.63) is 108 Å². The van der Waals surface area contributed by atoms with Crippen LogP contribution in [0, 0.1) is 0 Å². The first-order valence-corrected chi connectivity index (χ1v) is 10.3. The Labute approximate surface area is 177 Å². The van der Waals surface area contributed by atoms with Crippen LogP contribution in [0.15, 0.2) is 91.1 Å². The van der Waals surface area contributed by atoms with Crippen molar-refractivity contribution >= 4 is 16.8 Å². The number of hydrogen-bond donors (Lipinski definition) is 2. The van der Waals surface area contributed by atoms with E-state index in [4.69, 9.17) is 0 Å². The Kier molecular flexibility index (Phi) is 6.26. The zero-order valence-corrected chi connectivity index (χ0v) is 17.2. The van der Waals surface area contributed by atoms with Crippen LogP contribution in [0.5, 0.6) is 0 Å². The zero-order chi connectivity index (χ0) is 20.8. The first-order valence-electron chi connectivity index (χ1n) is 10.3. The van der Waals surface area contributed by atoms with E-state index < -0.39 is 0 Å². The van der Waals surface area contributed by atoms with Crippen molar-refractivity contribution in [2.45, 2.75) is 12.5 Å². The number of hydrogen-bond acceptors (Lipinski definition) is 2. The molecule has 0 aliphatic rings. The molecular weight excluding hydrogens is 370 g/mol. The predicted molar refractivity (Wildman–Crippen MR) is 122 cm³/mol. The number of carbonyl (C=O) groups excluding carboxylic acids is 1. The Balaban J connectivity index is 1.38. The maximum atomic E-state index is 12.7. The van der Waals surface area contributed by atoms with Gasteiger partial charge in [0.15, 0.2) is 0 Å². The summed E-state index contributed by atoms with van der Waals surface area (Å²) >= 11 is 0. The second-order valence-corrected chi connectivity index (χ2v) is 7.60. The monoisotopic (exact) mass is 397 g/mol. The summed E-state index contributed by atoms with van der Waals surface area (Å²) < 4.78 is 0. The maximum Gasteiger partial charge on any atom is 0.234 e. The largest absolute Gasteiger partial charge is 0.361 e. The molecule has 0 aliphatic carbocycles. The molecule has 0 bridgehead atoms. The Morgan fingerprint density at radius 3 is 2.17 bits per heavy atom. The van der Waals surface area contributed by atoms with Gasteiger partial charge in [-0.2, -0.15) is 0 Å². The van der Waals surface area contributed by atoms with Gasteiger partial charge in [-0.15, -0.1) is 0 Å². The Bertz CT molecular complexity index is 1050. The lowest BCUT2D eigenvalue weighted by Crippen LogP contribution is -2.38. The predicted octanol–water partition coefficient (Wildman–Crippen LogP) is 4.55. The van der Waals surface area contributed by atoms with Crippen LogP contribution >= 0.6 is 0 Å². The number of H-pyrrole nitrogens is 1. The molecule has 4 nitrogen and oxygen atoms in total. The summed E-state index contributed by atoms with van der Waals surface area (Å²) in [6, 6.07) is 28.9. The van der Waals surface area contributed by atoms with Crippen LogP contribution in [0.1, 0.15) is 22.7 Å². The molecule has 0 saturated carbocycles. The van der Waals surface area contributed by atoms with E-state index in [1.54, 1.807) is 0 Å². The van der Waals surface area contributed by atoms with E-state index in [0.29, 0.717) is 13.1 Å². The Hall–Kier alpha value is -3.37. The minimum Gasteiger partial charge on any atom is -0.361 e. The molecule has 1 amide bonds. The lowest BCUT2D eigenvalue weighted by molar-refractivity contribution is -0.122. The second-order valence-electron chi connectivity index (χ2n) is 7.60. The third-order valence-corrected chi connectivity index (χ3v) is 5.46. The van der Waals surface area contributed by atoms with Crippen LogP contribution < -0.4 is 5.32 Å². The van der Waals surface area contributed by atoms with Crippen LogP contribution in [0.25, 0.3) is 10.9 Å². The van der Waals surface area contributed by atoms with Crippen molar-refractivity contribution in [2.75, 3.05) is 20.1 Å². The third-order valence-electron chi connectivity index (χ3n) is 5.46. The maximum absolute atomic E-state index is 12.7. The molecule has 1 heterocycles. The number of likely N-dealkylation sites (N-methyl/N-ethyl adjacent to an activating group) is 1. The van der Waals surface area contributed by atoms with E-state index in [9.17, 15) is 4.79 Å². The summed E-state index contributed by atoms with van der Waals surface area (Å²) in [5, 5.41) is 4.30. The number of aromatic amines is 1. The van der Waals surface area contributed by atoms with Crippen LogP contribution in [0.4, 0.5) is 0 Å². The summed E-state index contributed by atoms with van der Waals surface area (Å²) in [7, 11) is 2.00.